The topological polar surface area (TPSA) is 54.9 Å². The standard InChI is InChI=1S/C17H14BrN3OS2/c1-10-9-11(2)20-17(19-10)23-13-5-3-12(4-6-13)21-16(22)14-7-8-15(18)24-14/h3-9H,1-2H3,(H,21,22). The molecule has 24 heavy (non-hydrogen) atoms. The van der Waals surface area contributed by atoms with Crippen LogP contribution in [0.5, 0.6) is 0 Å². The number of aromatic nitrogens is 2. The summed E-state index contributed by atoms with van der Waals surface area (Å²) in [7, 11) is 0. The molecule has 3 aromatic rings. The van der Waals surface area contributed by atoms with Crippen LogP contribution in [0.25, 0.3) is 0 Å². The van der Waals surface area contributed by atoms with E-state index in [1.165, 1.54) is 23.1 Å². The number of carbonyl (C=O) groups is 1. The molecule has 0 radical (unpaired) electrons. The molecule has 122 valence electrons. The van der Waals surface area contributed by atoms with E-state index in [1.807, 2.05) is 50.2 Å². The van der Waals surface area contributed by atoms with Gasteiger partial charge in [0.05, 0.1) is 8.66 Å². The van der Waals surface area contributed by atoms with Gasteiger partial charge in [-0.3, -0.25) is 4.79 Å². The van der Waals surface area contributed by atoms with Crippen molar-refractivity contribution in [3.63, 3.8) is 0 Å². The number of halogens is 1. The fraction of sp³-hybridized carbons (Fsp3) is 0.118. The van der Waals surface area contributed by atoms with Crippen LogP contribution >= 0.6 is 39.0 Å². The monoisotopic (exact) mass is 419 g/mol. The molecular weight excluding hydrogens is 406 g/mol. The lowest BCUT2D eigenvalue weighted by molar-refractivity contribution is 0.103. The molecule has 1 amide bonds. The largest absolute Gasteiger partial charge is 0.321 e. The van der Waals surface area contributed by atoms with Crippen LogP contribution in [-0.4, -0.2) is 15.9 Å². The van der Waals surface area contributed by atoms with E-state index in [4.69, 9.17) is 0 Å². The van der Waals surface area contributed by atoms with Gasteiger partial charge >= 0.3 is 0 Å². The summed E-state index contributed by atoms with van der Waals surface area (Å²) in [5, 5.41) is 3.62. The second-order valence-corrected chi connectivity index (χ2v) is 8.62. The van der Waals surface area contributed by atoms with E-state index < -0.39 is 0 Å². The Morgan fingerprint density at radius 2 is 1.75 bits per heavy atom. The predicted molar refractivity (Wildman–Crippen MR) is 102 cm³/mol. The van der Waals surface area contributed by atoms with Crippen LogP contribution in [0.2, 0.25) is 0 Å². The quantitative estimate of drug-likeness (QED) is 0.581. The fourth-order valence-electron chi connectivity index (χ4n) is 2.08. The molecule has 2 aromatic heterocycles. The number of carbonyl (C=O) groups excluding carboxylic acids is 1. The van der Waals surface area contributed by atoms with Gasteiger partial charge in [0, 0.05) is 22.0 Å². The van der Waals surface area contributed by atoms with Crippen LogP contribution in [0.15, 0.2) is 56.3 Å². The molecule has 1 N–H and O–H groups in total. The van der Waals surface area contributed by atoms with E-state index in [0.717, 1.165) is 30.9 Å². The van der Waals surface area contributed by atoms with Crippen LogP contribution in [0.3, 0.4) is 0 Å². The van der Waals surface area contributed by atoms with Gasteiger partial charge in [0.1, 0.15) is 0 Å². The maximum Gasteiger partial charge on any atom is 0.265 e. The number of nitrogens with zero attached hydrogens (tertiary/aromatic N) is 2. The number of hydrogen-bond donors (Lipinski definition) is 1. The van der Waals surface area contributed by atoms with Crippen molar-refractivity contribution in [3.8, 4) is 0 Å². The number of aryl methyl sites for hydroxylation is 2. The second kappa shape index (κ2) is 7.46. The van der Waals surface area contributed by atoms with Gasteiger partial charge in [-0.2, -0.15) is 0 Å². The first-order chi connectivity index (χ1) is 11.5. The highest BCUT2D eigenvalue weighted by Crippen LogP contribution is 2.27. The third kappa shape index (κ3) is 4.43. The average molecular weight is 420 g/mol. The van der Waals surface area contributed by atoms with Gasteiger partial charge in [-0.05, 0) is 84.0 Å². The van der Waals surface area contributed by atoms with E-state index in [2.05, 4.69) is 31.2 Å². The maximum absolute atomic E-state index is 12.1. The molecule has 0 unspecified atom stereocenters. The molecule has 3 rings (SSSR count). The molecule has 0 aliphatic carbocycles. The van der Waals surface area contributed by atoms with Crippen LogP contribution in [0.4, 0.5) is 5.69 Å². The molecule has 0 spiro atoms. The number of benzene rings is 1. The van der Waals surface area contributed by atoms with E-state index >= 15 is 0 Å². The highest BCUT2D eigenvalue weighted by atomic mass is 79.9. The summed E-state index contributed by atoms with van der Waals surface area (Å²) in [4.78, 5) is 22.7. The van der Waals surface area contributed by atoms with Crippen molar-refractivity contribution in [1.82, 2.24) is 9.97 Å². The van der Waals surface area contributed by atoms with Crippen molar-refractivity contribution >= 4 is 50.6 Å². The predicted octanol–water partition coefficient (Wildman–Crippen LogP) is 5.32. The normalized spacial score (nSPS) is 10.6. The van der Waals surface area contributed by atoms with Crippen molar-refractivity contribution in [3.05, 3.63) is 62.5 Å². The molecule has 0 aliphatic heterocycles. The molecule has 0 saturated carbocycles. The van der Waals surface area contributed by atoms with Gasteiger partial charge < -0.3 is 5.32 Å². The van der Waals surface area contributed by atoms with E-state index in [9.17, 15) is 4.79 Å². The van der Waals surface area contributed by atoms with Crippen molar-refractivity contribution in [2.24, 2.45) is 0 Å². The van der Waals surface area contributed by atoms with Gasteiger partial charge in [0.2, 0.25) is 0 Å². The first-order valence-corrected chi connectivity index (χ1v) is 9.59. The van der Waals surface area contributed by atoms with Gasteiger partial charge in [0.15, 0.2) is 5.16 Å². The molecule has 7 heteroatoms. The minimum Gasteiger partial charge on any atom is -0.321 e. The number of hydrogen-bond acceptors (Lipinski definition) is 5. The summed E-state index contributed by atoms with van der Waals surface area (Å²) in [5.41, 5.74) is 2.67. The first-order valence-electron chi connectivity index (χ1n) is 7.16. The maximum atomic E-state index is 12.1. The SMILES string of the molecule is Cc1cc(C)nc(Sc2ccc(NC(=O)c3ccc(Br)s3)cc2)n1. The van der Waals surface area contributed by atoms with Crippen LogP contribution in [-0.2, 0) is 0 Å². The molecular formula is C17H14BrN3OS2. The lowest BCUT2D eigenvalue weighted by Gasteiger charge is -2.06. The Morgan fingerprint density at radius 1 is 1.08 bits per heavy atom. The minimum atomic E-state index is -0.108. The summed E-state index contributed by atoms with van der Waals surface area (Å²) in [5.74, 6) is -0.108. The molecule has 0 aliphatic rings. The third-order valence-corrected chi connectivity index (χ3v) is 5.58. The number of nitrogens with one attached hydrogen (secondary N) is 1. The van der Waals surface area contributed by atoms with Crippen molar-refractivity contribution in [2.75, 3.05) is 5.32 Å². The van der Waals surface area contributed by atoms with Gasteiger partial charge in [-0.1, -0.05) is 0 Å². The van der Waals surface area contributed by atoms with Gasteiger partial charge in [-0.15, -0.1) is 11.3 Å². The zero-order valence-electron chi connectivity index (χ0n) is 13.0. The highest BCUT2D eigenvalue weighted by molar-refractivity contribution is 9.11. The smallest absolute Gasteiger partial charge is 0.265 e. The minimum absolute atomic E-state index is 0.108. The van der Waals surface area contributed by atoms with Crippen LogP contribution in [0, 0.1) is 13.8 Å². The molecule has 0 bridgehead atoms. The Balaban J connectivity index is 1.68. The van der Waals surface area contributed by atoms with Crippen LogP contribution < -0.4 is 5.32 Å². The number of amides is 1. The molecule has 1 aromatic carbocycles. The Kier molecular flexibility index (Phi) is 5.33. The molecule has 0 atom stereocenters. The summed E-state index contributed by atoms with van der Waals surface area (Å²) < 4.78 is 0.938. The van der Waals surface area contributed by atoms with Crippen molar-refractivity contribution in [1.29, 1.82) is 0 Å². The molecule has 0 fully saturated rings. The summed E-state index contributed by atoms with van der Waals surface area (Å²) in [6.45, 7) is 3.92. The Bertz CT molecular complexity index is 858. The first kappa shape index (κ1) is 17.1. The molecule has 2 heterocycles. The summed E-state index contributed by atoms with van der Waals surface area (Å²) >= 11 is 6.27. The van der Waals surface area contributed by atoms with Crippen LogP contribution in [0.1, 0.15) is 21.1 Å². The van der Waals surface area contributed by atoms with Crippen molar-refractivity contribution < 1.29 is 4.79 Å². The third-order valence-electron chi connectivity index (χ3n) is 3.08. The second-order valence-electron chi connectivity index (χ2n) is 5.12. The number of anilines is 1. The van der Waals surface area contributed by atoms with E-state index in [-0.39, 0.29) is 5.91 Å². The van der Waals surface area contributed by atoms with Crippen molar-refractivity contribution in [2.45, 2.75) is 23.9 Å². The number of thiophene rings is 1. The summed E-state index contributed by atoms with van der Waals surface area (Å²) in [6, 6.07) is 13.3. The Hall–Kier alpha value is -1.70. The molecule has 0 saturated heterocycles. The summed E-state index contributed by atoms with van der Waals surface area (Å²) in [6.07, 6.45) is 0. The Morgan fingerprint density at radius 3 is 2.33 bits per heavy atom. The van der Waals surface area contributed by atoms with E-state index in [0.29, 0.717) is 4.88 Å². The lowest BCUT2D eigenvalue weighted by Crippen LogP contribution is -2.09. The van der Waals surface area contributed by atoms with Gasteiger partial charge in [-0.25, -0.2) is 9.97 Å². The van der Waals surface area contributed by atoms with Gasteiger partial charge in [0.25, 0.3) is 5.91 Å². The molecule has 4 nitrogen and oxygen atoms in total. The zero-order chi connectivity index (χ0) is 17.1. The highest BCUT2D eigenvalue weighted by Gasteiger charge is 2.09. The Labute approximate surface area is 156 Å². The fourth-order valence-corrected chi connectivity index (χ4v) is 4.22. The van der Waals surface area contributed by atoms with E-state index in [1.54, 1.807) is 6.07 Å². The number of rotatable bonds is 4. The lowest BCUT2D eigenvalue weighted by atomic mass is 10.3. The average Bonchev–Trinajstić information content (AvgIpc) is 2.95. The zero-order valence-corrected chi connectivity index (χ0v) is 16.3.